The molecule has 0 aliphatic rings. The molecule has 0 aliphatic heterocycles. The van der Waals surface area contributed by atoms with Crippen LogP contribution in [0.15, 0.2) is 21.1 Å². The molecule has 1 rings (SSSR count). The van der Waals surface area contributed by atoms with Gasteiger partial charge in [-0.2, -0.15) is 0 Å². The Morgan fingerprint density at radius 3 is 2.38 bits per heavy atom. The topological polar surface area (TPSA) is 0 Å². The average molecular weight is 306 g/mol. The highest BCUT2D eigenvalue weighted by molar-refractivity contribution is 9.13. The molecular formula is C11H14Br2. The number of rotatable bonds is 3. The lowest BCUT2D eigenvalue weighted by Gasteiger charge is -2.10. The van der Waals surface area contributed by atoms with Crippen molar-refractivity contribution < 1.29 is 0 Å². The second-order valence-electron chi connectivity index (χ2n) is 3.10. The molecule has 1 aromatic carbocycles. The highest BCUT2D eigenvalue weighted by Gasteiger charge is 2.07. The summed E-state index contributed by atoms with van der Waals surface area (Å²) in [5.41, 5.74) is 2.91. The summed E-state index contributed by atoms with van der Waals surface area (Å²) in [5.74, 6) is 0. The Hall–Kier alpha value is 0.180. The second kappa shape index (κ2) is 5.16. The van der Waals surface area contributed by atoms with Crippen LogP contribution in [0.1, 0.15) is 31.4 Å². The maximum atomic E-state index is 3.61. The quantitative estimate of drug-likeness (QED) is 0.757. The van der Waals surface area contributed by atoms with E-state index >= 15 is 0 Å². The van der Waals surface area contributed by atoms with Gasteiger partial charge in [0.1, 0.15) is 0 Å². The highest BCUT2D eigenvalue weighted by Crippen LogP contribution is 2.30. The van der Waals surface area contributed by atoms with Gasteiger partial charge in [0.05, 0.1) is 0 Å². The van der Waals surface area contributed by atoms with Crippen molar-refractivity contribution in [2.24, 2.45) is 0 Å². The smallest absolute Gasteiger partial charge is 0.0352 e. The summed E-state index contributed by atoms with van der Waals surface area (Å²) >= 11 is 7.14. The van der Waals surface area contributed by atoms with Crippen molar-refractivity contribution in [3.05, 3.63) is 32.2 Å². The molecule has 13 heavy (non-hydrogen) atoms. The van der Waals surface area contributed by atoms with Crippen LogP contribution < -0.4 is 0 Å². The van der Waals surface area contributed by atoms with Gasteiger partial charge in [-0.25, -0.2) is 0 Å². The minimum absolute atomic E-state index is 1.09. The van der Waals surface area contributed by atoms with E-state index in [1.165, 1.54) is 28.4 Å². The molecule has 0 unspecified atom stereocenters. The Morgan fingerprint density at radius 1 is 1.15 bits per heavy atom. The Bertz CT molecular complexity index is 292. The summed E-state index contributed by atoms with van der Waals surface area (Å²) in [4.78, 5) is 0. The van der Waals surface area contributed by atoms with E-state index in [1.54, 1.807) is 0 Å². The van der Waals surface area contributed by atoms with Gasteiger partial charge < -0.3 is 0 Å². The lowest BCUT2D eigenvalue weighted by molar-refractivity contribution is 0.896. The molecule has 0 saturated heterocycles. The molecule has 0 amide bonds. The zero-order valence-corrected chi connectivity index (χ0v) is 11.2. The molecule has 1 aromatic rings. The van der Waals surface area contributed by atoms with E-state index in [4.69, 9.17) is 0 Å². The van der Waals surface area contributed by atoms with Gasteiger partial charge in [0.2, 0.25) is 0 Å². The molecule has 0 N–H and O–H groups in total. The van der Waals surface area contributed by atoms with Crippen LogP contribution in [0.5, 0.6) is 0 Å². The van der Waals surface area contributed by atoms with Crippen LogP contribution in [0.4, 0.5) is 0 Å². The summed E-state index contributed by atoms with van der Waals surface area (Å²) in [7, 11) is 0. The van der Waals surface area contributed by atoms with Crippen molar-refractivity contribution in [1.82, 2.24) is 0 Å². The molecule has 0 radical (unpaired) electrons. The Kier molecular flexibility index (Phi) is 4.47. The largest absolute Gasteiger partial charge is 0.0651 e. The summed E-state index contributed by atoms with van der Waals surface area (Å²) in [6, 6.07) is 4.34. The van der Waals surface area contributed by atoms with Crippen molar-refractivity contribution in [2.45, 2.75) is 33.1 Å². The van der Waals surface area contributed by atoms with Gasteiger partial charge in [0.25, 0.3) is 0 Å². The average Bonchev–Trinajstić information content (AvgIpc) is 2.12. The zero-order chi connectivity index (χ0) is 9.84. The van der Waals surface area contributed by atoms with Crippen LogP contribution in [-0.4, -0.2) is 0 Å². The van der Waals surface area contributed by atoms with Gasteiger partial charge >= 0.3 is 0 Å². The lowest BCUT2D eigenvalue weighted by Crippen LogP contribution is -1.94. The first kappa shape index (κ1) is 11.3. The molecule has 0 spiro atoms. The minimum atomic E-state index is 1.09. The standard InChI is InChI=1S/C11H14Br2/c1-3-5-8-6-7-10(12)11(13)9(8)4-2/h6-7H,3-5H2,1-2H3. The van der Waals surface area contributed by atoms with E-state index < -0.39 is 0 Å². The van der Waals surface area contributed by atoms with E-state index in [0.29, 0.717) is 0 Å². The molecule has 0 saturated carbocycles. The van der Waals surface area contributed by atoms with Crippen LogP contribution >= 0.6 is 31.9 Å². The fourth-order valence-electron chi connectivity index (χ4n) is 1.52. The van der Waals surface area contributed by atoms with Crippen molar-refractivity contribution in [1.29, 1.82) is 0 Å². The fourth-order valence-corrected chi connectivity index (χ4v) is 2.56. The molecule has 0 heterocycles. The SMILES string of the molecule is CCCc1ccc(Br)c(Br)c1CC. The van der Waals surface area contributed by atoms with E-state index in [9.17, 15) is 0 Å². The van der Waals surface area contributed by atoms with Crippen molar-refractivity contribution >= 4 is 31.9 Å². The molecule has 2 heteroatoms. The molecule has 0 atom stereocenters. The van der Waals surface area contributed by atoms with Gasteiger partial charge in [-0.3, -0.25) is 0 Å². The first-order valence-electron chi connectivity index (χ1n) is 4.66. The number of hydrogen-bond acceptors (Lipinski definition) is 0. The van der Waals surface area contributed by atoms with Gasteiger partial charge in [0.15, 0.2) is 0 Å². The van der Waals surface area contributed by atoms with Crippen LogP contribution in [0, 0.1) is 0 Å². The predicted molar refractivity (Wildman–Crippen MR) is 65.2 cm³/mol. The number of halogens is 2. The highest BCUT2D eigenvalue weighted by atomic mass is 79.9. The monoisotopic (exact) mass is 304 g/mol. The first-order valence-corrected chi connectivity index (χ1v) is 6.25. The van der Waals surface area contributed by atoms with Crippen LogP contribution in [-0.2, 0) is 12.8 Å². The first-order chi connectivity index (χ1) is 6.20. The van der Waals surface area contributed by atoms with Crippen molar-refractivity contribution in [3.63, 3.8) is 0 Å². The zero-order valence-electron chi connectivity index (χ0n) is 8.03. The number of aryl methyl sites for hydroxylation is 1. The summed E-state index contributed by atoms with van der Waals surface area (Å²) < 4.78 is 2.38. The van der Waals surface area contributed by atoms with Gasteiger partial charge in [-0.05, 0) is 61.9 Å². The van der Waals surface area contributed by atoms with Crippen LogP contribution in [0.3, 0.4) is 0 Å². The van der Waals surface area contributed by atoms with Crippen LogP contribution in [0.25, 0.3) is 0 Å². The van der Waals surface area contributed by atoms with Crippen molar-refractivity contribution in [2.75, 3.05) is 0 Å². The molecule has 0 bridgehead atoms. The molecule has 0 nitrogen and oxygen atoms in total. The van der Waals surface area contributed by atoms with Gasteiger partial charge in [0, 0.05) is 8.95 Å². The fraction of sp³-hybridized carbons (Fsp3) is 0.455. The van der Waals surface area contributed by atoms with Crippen LogP contribution in [0.2, 0.25) is 0 Å². The third-order valence-electron chi connectivity index (χ3n) is 2.17. The number of hydrogen-bond donors (Lipinski definition) is 0. The third-order valence-corrected chi connectivity index (χ3v) is 4.26. The second-order valence-corrected chi connectivity index (χ2v) is 4.75. The maximum Gasteiger partial charge on any atom is 0.0352 e. The predicted octanol–water partition coefficient (Wildman–Crippen LogP) is 4.73. The van der Waals surface area contributed by atoms with Gasteiger partial charge in [-0.1, -0.05) is 26.3 Å². The van der Waals surface area contributed by atoms with Crippen molar-refractivity contribution in [3.8, 4) is 0 Å². The van der Waals surface area contributed by atoms with E-state index in [-0.39, 0.29) is 0 Å². The molecule has 0 aromatic heterocycles. The van der Waals surface area contributed by atoms with E-state index in [2.05, 4.69) is 57.8 Å². The molecular weight excluding hydrogens is 292 g/mol. The maximum absolute atomic E-state index is 3.61. The molecule has 0 aliphatic carbocycles. The summed E-state index contributed by atoms with van der Waals surface area (Å²) in [5, 5.41) is 0. The molecule has 0 fully saturated rings. The van der Waals surface area contributed by atoms with E-state index in [0.717, 1.165) is 10.9 Å². The summed E-state index contributed by atoms with van der Waals surface area (Å²) in [6.45, 7) is 4.42. The lowest BCUT2D eigenvalue weighted by atomic mass is 10.0. The summed E-state index contributed by atoms with van der Waals surface area (Å²) in [6.07, 6.45) is 3.48. The normalized spacial score (nSPS) is 10.5. The Labute approximate surface area is 97.0 Å². The molecule has 72 valence electrons. The number of benzene rings is 1. The van der Waals surface area contributed by atoms with Gasteiger partial charge in [-0.15, -0.1) is 0 Å². The Morgan fingerprint density at radius 2 is 1.85 bits per heavy atom. The Balaban J connectivity index is 3.13. The minimum Gasteiger partial charge on any atom is -0.0651 e. The third kappa shape index (κ3) is 2.57. The van der Waals surface area contributed by atoms with E-state index in [1.807, 2.05) is 0 Å².